The average molecular weight is 177 g/mol. The maximum Gasteiger partial charge on any atom is 0.125 e. The molecule has 0 aromatic carbocycles. The van der Waals surface area contributed by atoms with Crippen LogP contribution in [0.2, 0.25) is 0 Å². The normalized spacial score (nSPS) is 15.1. The van der Waals surface area contributed by atoms with Crippen molar-refractivity contribution in [2.24, 2.45) is 0 Å². The lowest BCUT2D eigenvalue weighted by Gasteiger charge is -2.10. The van der Waals surface area contributed by atoms with Gasteiger partial charge in [-0.05, 0) is 12.8 Å². The third-order valence-corrected chi connectivity index (χ3v) is 2.38. The Morgan fingerprint density at radius 2 is 2.00 bits per heavy atom. The highest BCUT2D eigenvalue weighted by molar-refractivity contribution is 5.30. The highest BCUT2D eigenvalue weighted by Crippen LogP contribution is 2.22. The molecule has 1 aliphatic heterocycles. The van der Waals surface area contributed by atoms with Gasteiger partial charge in [0.05, 0.1) is 11.4 Å². The number of hydrogen-bond acceptors (Lipinski definition) is 3. The Balaban J connectivity index is 2.55. The molecule has 1 aliphatic rings. The highest BCUT2D eigenvalue weighted by atomic mass is 15.0. The molecule has 1 N–H and O–H groups in total. The second-order valence-electron chi connectivity index (χ2n) is 3.84. The van der Waals surface area contributed by atoms with Crippen molar-refractivity contribution in [3.63, 3.8) is 0 Å². The lowest BCUT2D eigenvalue weighted by atomic mass is 10.0. The number of fused-ring (bicyclic) bond motifs is 1. The van der Waals surface area contributed by atoms with Gasteiger partial charge >= 0.3 is 0 Å². The Kier molecular flexibility index (Phi) is 2.04. The fraction of sp³-hybridized carbons (Fsp3) is 0.600. The lowest BCUT2D eigenvalue weighted by Crippen LogP contribution is -2.05. The third kappa shape index (κ3) is 1.44. The topological polar surface area (TPSA) is 37.8 Å². The summed E-state index contributed by atoms with van der Waals surface area (Å²) >= 11 is 0. The van der Waals surface area contributed by atoms with Gasteiger partial charge in [-0.15, -0.1) is 0 Å². The van der Waals surface area contributed by atoms with E-state index in [0.717, 1.165) is 18.9 Å². The van der Waals surface area contributed by atoms with E-state index in [2.05, 4.69) is 29.1 Å². The molecule has 1 aromatic heterocycles. The van der Waals surface area contributed by atoms with Crippen molar-refractivity contribution in [1.29, 1.82) is 0 Å². The van der Waals surface area contributed by atoms with E-state index in [9.17, 15) is 0 Å². The molecule has 2 rings (SSSR count). The van der Waals surface area contributed by atoms with Crippen LogP contribution in [0.1, 0.15) is 42.5 Å². The molecule has 3 nitrogen and oxygen atoms in total. The SMILES string of the molecule is Cc1nc2c(c(C(C)C)n1)CNC2. The van der Waals surface area contributed by atoms with Crippen LogP contribution in [-0.4, -0.2) is 9.97 Å². The van der Waals surface area contributed by atoms with Crippen LogP contribution in [-0.2, 0) is 13.1 Å². The zero-order valence-electron chi connectivity index (χ0n) is 8.39. The van der Waals surface area contributed by atoms with Crippen molar-refractivity contribution >= 4 is 0 Å². The maximum absolute atomic E-state index is 4.49. The molecule has 0 spiro atoms. The predicted octanol–water partition coefficient (Wildman–Crippen LogP) is 1.51. The molecule has 0 fully saturated rings. The van der Waals surface area contributed by atoms with E-state index in [-0.39, 0.29) is 0 Å². The number of nitrogens with one attached hydrogen (secondary N) is 1. The monoisotopic (exact) mass is 177 g/mol. The van der Waals surface area contributed by atoms with Gasteiger partial charge < -0.3 is 5.32 Å². The molecular formula is C10H15N3. The number of aromatic nitrogens is 2. The smallest absolute Gasteiger partial charge is 0.125 e. The van der Waals surface area contributed by atoms with E-state index in [4.69, 9.17) is 0 Å². The Morgan fingerprint density at radius 3 is 2.69 bits per heavy atom. The minimum atomic E-state index is 0.496. The average Bonchev–Trinajstić information content (AvgIpc) is 2.49. The summed E-state index contributed by atoms with van der Waals surface area (Å²) in [7, 11) is 0. The predicted molar refractivity (Wildman–Crippen MR) is 51.4 cm³/mol. The maximum atomic E-state index is 4.49. The van der Waals surface area contributed by atoms with Gasteiger partial charge in [-0.3, -0.25) is 0 Å². The quantitative estimate of drug-likeness (QED) is 0.706. The van der Waals surface area contributed by atoms with E-state index >= 15 is 0 Å². The van der Waals surface area contributed by atoms with Gasteiger partial charge in [0.2, 0.25) is 0 Å². The first-order valence-electron chi connectivity index (χ1n) is 4.75. The number of hydrogen-bond donors (Lipinski definition) is 1. The second-order valence-corrected chi connectivity index (χ2v) is 3.84. The fourth-order valence-electron chi connectivity index (χ4n) is 1.80. The van der Waals surface area contributed by atoms with Crippen LogP contribution >= 0.6 is 0 Å². The van der Waals surface area contributed by atoms with E-state index in [1.54, 1.807) is 0 Å². The zero-order chi connectivity index (χ0) is 9.42. The van der Waals surface area contributed by atoms with Crippen LogP contribution in [0.3, 0.4) is 0 Å². The van der Waals surface area contributed by atoms with Crippen molar-refractivity contribution in [2.45, 2.75) is 39.8 Å². The molecule has 0 amide bonds. The molecule has 0 saturated heterocycles. The molecule has 1 aromatic rings. The van der Waals surface area contributed by atoms with Gasteiger partial charge in [0.1, 0.15) is 5.82 Å². The standard InChI is InChI=1S/C10H15N3/c1-6(2)10-8-4-11-5-9(8)12-7(3)13-10/h6,11H,4-5H2,1-3H3. The van der Waals surface area contributed by atoms with E-state index in [1.165, 1.54) is 17.0 Å². The van der Waals surface area contributed by atoms with Gasteiger partial charge in [-0.25, -0.2) is 9.97 Å². The van der Waals surface area contributed by atoms with E-state index in [1.807, 2.05) is 6.92 Å². The van der Waals surface area contributed by atoms with Gasteiger partial charge in [0.15, 0.2) is 0 Å². The first kappa shape index (κ1) is 8.63. The Morgan fingerprint density at radius 1 is 1.23 bits per heavy atom. The first-order valence-corrected chi connectivity index (χ1v) is 4.75. The molecule has 0 unspecified atom stereocenters. The fourth-order valence-corrected chi connectivity index (χ4v) is 1.80. The molecule has 0 saturated carbocycles. The van der Waals surface area contributed by atoms with Gasteiger partial charge in [0.25, 0.3) is 0 Å². The molecule has 13 heavy (non-hydrogen) atoms. The van der Waals surface area contributed by atoms with Crippen LogP contribution in [0.15, 0.2) is 0 Å². The minimum absolute atomic E-state index is 0.496. The Hall–Kier alpha value is -0.960. The van der Waals surface area contributed by atoms with E-state index in [0.29, 0.717) is 5.92 Å². The third-order valence-electron chi connectivity index (χ3n) is 2.38. The van der Waals surface area contributed by atoms with Crippen molar-refractivity contribution in [3.05, 3.63) is 22.8 Å². The van der Waals surface area contributed by atoms with Crippen LogP contribution in [0, 0.1) is 6.92 Å². The number of rotatable bonds is 1. The molecule has 2 heterocycles. The summed E-state index contributed by atoms with van der Waals surface area (Å²) in [5.74, 6) is 1.39. The molecule has 0 bridgehead atoms. The van der Waals surface area contributed by atoms with E-state index < -0.39 is 0 Å². The molecule has 0 radical (unpaired) electrons. The summed E-state index contributed by atoms with van der Waals surface area (Å²) in [6.07, 6.45) is 0. The summed E-state index contributed by atoms with van der Waals surface area (Å²) in [5, 5.41) is 3.31. The van der Waals surface area contributed by atoms with Crippen LogP contribution < -0.4 is 5.32 Å². The van der Waals surface area contributed by atoms with Crippen LogP contribution in [0.4, 0.5) is 0 Å². The first-order chi connectivity index (χ1) is 6.18. The summed E-state index contributed by atoms with van der Waals surface area (Å²) < 4.78 is 0. The number of nitrogens with zero attached hydrogens (tertiary/aromatic N) is 2. The van der Waals surface area contributed by atoms with Crippen molar-refractivity contribution < 1.29 is 0 Å². The second kappa shape index (κ2) is 3.07. The number of aryl methyl sites for hydroxylation is 1. The summed E-state index contributed by atoms with van der Waals surface area (Å²) in [5.41, 5.74) is 3.73. The minimum Gasteiger partial charge on any atom is -0.307 e. The van der Waals surface area contributed by atoms with Gasteiger partial charge in [-0.2, -0.15) is 0 Å². The van der Waals surface area contributed by atoms with Gasteiger partial charge in [-0.1, -0.05) is 13.8 Å². The van der Waals surface area contributed by atoms with Crippen molar-refractivity contribution in [3.8, 4) is 0 Å². The molecule has 0 atom stereocenters. The Bertz CT molecular complexity index is 331. The lowest BCUT2D eigenvalue weighted by molar-refractivity contribution is 0.746. The zero-order valence-corrected chi connectivity index (χ0v) is 8.39. The Labute approximate surface area is 78.6 Å². The van der Waals surface area contributed by atoms with Crippen LogP contribution in [0.25, 0.3) is 0 Å². The largest absolute Gasteiger partial charge is 0.307 e. The summed E-state index contributed by atoms with van der Waals surface area (Å²) in [6.45, 7) is 8.16. The van der Waals surface area contributed by atoms with Gasteiger partial charge in [0, 0.05) is 18.7 Å². The molecule has 70 valence electrons. The molecule has 3 heteroatoms. The van der Waals surface area contributed by atoms with Crippen molar-refractivity contribution in [1.82, 2.24) is 15.3 Å². The molecule has 0 aliphatic carbocycles. The van der Waals surface area contributed by atoms with Crippen molar-refractivity contribution in [2.75, 3.05) is 0 Å². The highest BCUT2D eigenvalue weighted by Gasteiger charge is 2.19. The summed E-state index contributed by atoms with van der Waals surface area (Å²) in [6, 6.07) is 0. The van der Waals surface area contributed by atoms with Crippen LogP contribution in [0.5, 0.6) is 0 Å². The molecular weight excluding hydrogens is 162 g/mol. The summed E-state index contributed by atoms with van der Waals surface area (Å²) in [4.78, 5) is 8.92.